The highest BCUT2D eigenvalue weighted by Crippen LogP contribution is 2.23. The van der Waals surface area contributed by atoms with Crippen molar-refractivity contribution in [1.82, 2.24) is 0 Å². The summed E-state index contributed by atoms with van der Waals surface area (Å²) in [5.41, 5.74) is 1.02. The Bertz CT molecular complexity index is 509. The first kappa shape index (κ1) is 15.9. The largest absolute Gasteiger partial charge is 0.493 e. The molecule has 0 bridgehead atoms. The molecule has 0 spiro atoms. The minimum atomic E-state index is -0.300. The fourth-order valence-electron chi connectivity index (χ4n) is 1.93. The number of thioether (sulfide) groups is 1. The highest BCUT2D eigenvalue weighted by Gasteiger charge is 2.07. The minimum Gasteiger partial charge on any atom is -0.493 e. The highest BCUT2D eigenvalue weighted by atomic mass is 32.2. The fraction of sp³-hybridized carbons (Fsp3) is 0.294. The molecule has 4 heteroatoms. The second-order valence-corrected chi connectivity index (χ2v) is 5.55. The van der Waals surface area contributed by atoms with Crippen LogP contribution in [0.15, 0.2) is 59.5 Å². The summed E-state index contributed by atoms with van der Waals surface area (Å²) >= 11 is 1.77. The molecule has 0 N–H and O–H groups in total. The van der Waals surface area contributed by atoms with Crippen LogP contribution < -0.4 is 4.74 Å². The molecule has 0 aliphatic heterocycles. The third kappa shape index (κ3) is 5.08. The van der Waals surface area contributed by atoms with Crippen LogP contribution in [0.4, 0.5) is 0 Å². The molecule has 0 fully saturated rings. The van der Waals surface area contributed by atoms with E-state index in [1.165, 1.54) is 4.90 Å². The molecule has 21 heavy (non-hydrogen) atoms. The maximum absolute atomic E-state index is 5.66. The van der Waals surface area contributed by atoms with Gasteiger partial charge in [-0.25, -0.2) is 0 Å². The van der Waals surface area contributed by atoms with Gasteiger partial charge in [-0.2, -0.15) is 0 Å². The van der Waals surface area contributed by atoms with Crippen LogP contribution in [-0.4, -0.2) is 26.6 Å². The normalized spacial score (nSPS) is 10.8. The summed E-state index contributed by atoms with van der Waals surface area (Å²) in [5, 5.41) is 0. The zero-order chi connectivity index (χ0) is 14.9. The monoisotopic (exact) mass is 304 g/mol. The summed E-state index contributed by atoms with van der Waals surface area (Å²) < 4.78 is 16.1. The van der Waals surface area contributed by atoms with E-state index in [0.29, 0.717) is 6.61 Å². The number of rotatable bonds is 8. The fourth-order valence-corrected chi connectivity index (χ4v) is 2.66. The van der Waals surface area contributed by atoms with Gasteiger partial charge in [-0.1, -0.05) is 30.3 Å². The third-order valence-corrected chi connectivity index (χ3v) is 3.92. The van der Waals surface area contributed by atoms with Crippen molar-refractivity contribution in [3.05, 3.63) is 60.2 Å². The van der Waals surface area contributed by atoms with Gasteiger partial charge in [0.2, 0.25) is 0 Å². The van der Waals surface area contributed by atoms with E-state index in [4.69, 9.17) is 14.2 Å². The Morgan fingerprint density at radius 2 is 1.57 bits per heavy atom. The lowest BCUT2D eigenvalue weighted by atomic mass is 10.2. The number of ether oxygens (including phenoxy) is 3. The van der Waals surface area contributed by atoms with Gasteiger partial charge < -0.3 is 14.2 Å². The average molecular weight is 304 g/mol. The van der Waals surface area contributed by atoms with E-state index in [9.17, 15) is 0 Å². The first-order valence-electron chi connectivity index (χ1n) is 6.79. The molecule has 0 heterocycles. The highest BCUT2D eigenvalue weighted by molar-refractivity contribution is 7.99. The molecule has 0 atom stereocenters. The van der Waals surface area contributed by atoms with Gasteiger partial charge in [0.05, 0.1) is 6.61 Å². The van der Waals surface area contributed by atoms with Gasteiger partial charge in [0.25, 0.3) is 0 Å². The van der Waals surface area contributed by atoms with Crippen LogP contribution in [0.3, 0.4) is 0 Å². The van der Waals surface area contributed by atoms with Crippen LogP contribution in [0, 0.1) is 0 Å². The lowest BCUT2D eigenvalue weighted by molar-refractivity contribution is -0.106. The molecule has 0 saturated carbocycles. The van der Waals surface area contributed by atoms with Crippen molar-refractivity contribution in [3.63, 3.8) is 0 Å². The lowest BCUT2D eigenvalue weighted by Gasteiger charge is -2.13. The van der Waals surface area contributed by atoms with Gasteiger partial charge in [-0.05, 0) is 24.3 Å². The van der Waals surface area contributed by atoms with Gasteiger partial charge in [-0.3, -0.25) is 0 Å². The number of methoxy groups -OCH3 is 2. The molecule has 0 aliphatic carbocycles. The summed E-state index contributed by atoms with van der Waals surface area (Å²) in [4.78, 5) is 1.21. The number of benzene rings is 2. The van der Waals surface area contributed by atoms with Crippen molar-refractivity contribution >= 4 is 11.8 Å². The van der Waals surface area contributed by atoms with Crippen molar-refractivity contribution < 1.29 is 14.2 Å². The first-order valence-corrected chi connectivity index (χ1v) is 7.78. The topological polar surface area (TPSA) is 27.7 Å². The Kier molecular flexibility index (Phi) is 6.60. The number of hydrogen-bond donors (Lipinski definition) is 0. The SMILES string of the molecule is COC(OC)c1ccc(SCCOc2ccccc2)cc1. The van der Waals surface area contributed by atoms with Gasteiger partial charge in [0.1, 0.15) is 5.75 Å². The molecule has 0 radical (unpaired) electrons. The number of hydrogen-bond acceptors (Lipinski definition) is 4. The van der Waals surface area contributed by atoms with Crippen LogP contribution >= 0.6 is 11.8 Å². The zero-order valence-electron chi connectivity index (χ0n) is 12.3. The van der Waals surface area contributed by atoms with E-state index in [-0.39, 0.29) is 6.29 Å². The van der Waals surface area contributed by atoms with E-state index in [0.717, 1.165) is 17.1 Å². The minimum absolute atomic E-state index is 0.300. The summed E-state index contributed by atoms with van der Waals surface area (Å²) in [5.74, 6) is 1.82. The van der Waals surface area contributed by atoms with E-state index in [1.807, 2.05) is 42.5 Å². The molecule has 0 unspecified atom stereocenters. The molecule has 3 nitrogen and oxygen atoms in total. The van der Waals surface area contributed by atoms with Crippen molar-refractivity contribution in [1.29, 1.82) is 0 Å². The summed E-state index contributed by atoms with van der Waals surface area (Å²) in [6.07, 6.45) is -0.300. The number of para-hydroxylation sites is 1. The molecule has 112 valence electrons. The predicted octanol–water partition coefficient (Wildman–Crippen LogP) is 4.15. The second kappa shape index (κ2) is 8.72. The standard InChI is InChI=1S/C17H20O3S/c1-18-17(19-2)14-8-10-16(11-9-14)21-13-12-20-15-6-4-3-5-7-15/h3-11,17H,12-13H2,1-2H3. The van der Waals surface area contributed by atoms with E-state index in [2.05, 4.69) is 12.1 Å². The van der Waals surface area contributed by atoms with Gasteiger partial charge in [-0.15, -0.1) is 11.8 Å². The molecular formula is C17H20O3S. The van der Waals surface area contributed by atoms with Crippen LogP contribution in [0.25, 0.3) is 0 Å². The van der Waals surface area contributed by atoms with Gasteiger partial charge >= 0.3 is 0 Å². The van der Waals surface area contributed by atoms with E-state index < -0.39 is 0 Å². The van der Waals surface area contributed by atoms with Crippen LogP contribution in [-0.2, 0) is 9.47 Å². The molecule has 2 aromatic rings. The molecule has 2 aromatic carbocycles. The van der Waals surface area contributed by atoms with E-state index in [1.54, 1.807) is 26.0 Å². The molecule has 0 saturated heterocycles. The predicted molar refractivity (Wildman–Crippen MR) is 85.9 cm³/mol. The third-order valence-electron chi connectivity index (χ3n) is 2.94. The van der Waals surface area contributed by atoms with Crippen molar-refractivity contribution in [2.45, 2.75) is 11.2 Å². The molecule has 0 aromatic heterocycles. The first-order chi connectivity index (χ1) is 10.3. The summed E-state index contributed by atoms with van der Waals surface area (Å²) in [6, 6.07) is 18.1. The van der Waals surface area contributed by atoms with E-state index >= 15 is 0 Å². The quantitative estimate of drug-likeness (QED) is 0.416. The van der Waals surface area contributed by atoms with Gasteiger partial charge in [0.15, 0.2) is 6.29 Å². The van der Waals surface area contributed by atoms with Crippen molar-refractivity contribution in [3.8, 4) is 5.75 Å². The average Bonchev–Trinajstić information content (AvgIpc) is 2.55. The van der Waals surface area contributed by atoms with Crippen LogP contribution in [0.5, 0.6) is 5.75 Å². The Morgan fingerprint density at radius 3 is 2.19 bits per heavy atom. The van der Waals surface area contributed by atoms with Crippen molar-refractivity contribution in [2.24, 2.45) is 0 Å². The molecule has 2 rings (SSSR count). The molecule has 0 amide bonds. The maximum Gasteiger partial charge on any atom is 0.183 e. The van der Waals surface area contributed by atoms with Crippen LogP contribution in [0.1, 0.15) is 11.9 Å². The Labute approximate surface area is 130 Å². The smallest absolute Gasteiger partial charge is 0.183 e. The summed E-state index contributed by atoms with van der Waals surface area (Å²) in [6.45, 7) is 0.690. The maximum atomic E-state index is 5.66. The van der Waals surface area contributed by atoms with Gasteiger partial charge in [0, 0.05) is 30.4 Å². The van der Waals surface area contributed by atoms with Crippen molar-refractivity contribution in [2.75, 3.05) is 26.6 Å². The molecular weight excluding hydrogens is 284 g/mol. The zero-order valence-corrected chi connectivity index (χ0v) is 13.1. The lowest BCUT2D eigenvalue weighted by Crippen LogP contribution is -2.03. The summed E-state index contributed by atoms with van der Waals surface area (Å²) in [7, 11) is 3.27. The molecule has 0 aliphatic rings. The second-order valence-electron chi connectivity index (χ2n) is 4.38. The van der Waals surface area contributed by atoms with Crippen LogP contribution in [0.2, 0.25) is 0 Å². The Hall–Kier alpha value is -1.49. The Balaban J connectivity index is 1.76. The Morgan fingerprint density at radius 1 is 0.905 bits per heavy atom.